The molecule has 0 aromatic heterocycles. The summed E-state index contributed by atoms with van der Waals surface area (Å²) in [5, 5.41) is 8.70. The fraction of sp³-hybridized carbons (Fsp3) is 0.667. The minimum Gasteiger partial charge on any atom is -0.480 e. The Balaban J connectivity index is 4.18. The number of nitrogens with two attached hydrogens (primary N) is 1. The first-order valence-electron chi connectivity index (χ1n) is 3.93. The summed E-state index contributed by atoms with van der Waals surface area (Å²) in [6.07, 6.45) is 0. The van der Waals surface area contributed by atoms with E-state index in [-0.39, 0.29) is 0 Å². The van der Waals surface area contributed by atoms with E-state index in [1.165, 1.54) is 11.8 Å². The summed E-state index contributed by atoms with van der Waals surface area (Å²) in [4.78, 5) is 10.6. The van der Waals surface area contributed by atoms with Crippen molar-refractivity contribution in [2.24, 2.45) is 5.73 Å². The van der Waals surface area contributed by atoms with Crippen LogP contribution in [0.25, 0.3) is 0 Å². The lowest BCUT2D eigenvalue weighted by molar-refractivity contribution is -0.139. The van der Waals surface area contributed by atoms with Crippen molar-refractivity contribution in [1.29, 1.82) is 0 Å². The predicted molar refractivity (Wildman–Crippen MR) is 55.6 cm³/mol. The molecule has 0 bridgehead atoms. The van der Waals surface area contributed by atoms with Gasteiger partial charge in [-0.25, -0.2) is 0 Å². The van der Waals surface area contributed by atoms with E-state index in [1.54, 1.807) is 6.92 Å². The molecule has 0 aromatic rings. The van der Waals surface area contributed by atoms with Crippen LogP contribution in [-0.4, -0.2) is 27.6 Å². The zero-order chi connectivity index (χ0) is 10.5. The van der Waals surface area contributed by atoms with E-state index in [0.29, 0.717) is 5.75 Å². The second kappa shape index (κ2) is 5.15. The van der Waals surface area contributed by atoms with Gasteiger partial charge in [-0.2, -0.15) is 0 Å². The molecule has 0 radical (unpaired) electrons. The molecule has 0 aromatic carbocycles. The van der Waals surface area contributed by atoms with Gasteiger partial charge >= 0.3 is 5.97 Å². The van der Waals surface area contributed by atoms with Gasteiger partial charge in [0.2, 0.25) is 0 Å². The van der Waals surface area contributed by atoms with Gasteiger partial charge in [0, 0.05) is 4.75 Å². The van der Waals surface area contributed by atoms with Crippen molar-refractivity contribution in [1.82, 2.24) is 0 Å². The monoisotopic (exact) mass is 201 g/mol. The molecule has 0 aliphatic heterocycles. The highest BCUT2D eigenvalue weighted by Crippen LogP contribution is 2.26. The number of carboxylic acids is 1. The van der Waals surface area contributed by atoms with Crippen LogP contribution in [0.1, 0.15) is 20.8 Å². The molecule has 0 heterocycles. The molecule has 0 saturated heterocycles. The van der Waals surface area contributed by atoms with E-state index in [9.17, 15) is 4.79 Å². The third kappa shape index (κ3) is 4.20. The van der Waals surface area contributed by atoms with Crippen molar-refractivity contribution in [3.8, 4) is 11.8 Å². The molecular weight excluding hydrogens is 186 g/mol. The van der Waals surface area contributed by atoms with E-state index in [1.807, 2.05) is 13.8 Å². The predicted octanol–water partition coefficient (Wildman–Crippen LogP) is 0.933. The van der Waals surface area contributed by atoms with E-state index in [2.05, 4.69) is 11.8 Å². The van der Waals surface area contributed by atoms with Crippen LogP contribution in [0, 0.1) is 11.8 Å². The summed E-state index contributed by atoms with van der Waals surface area (Å²) < 4.78 is -0.477. The van der Waals surface area contributed by atoms with Crippen molar-refractivity contribution in [3.05, 3.63) is 0 Å². The van der Waals surface area contributed by atoms with E-state index < -0.39 is 16.8 Å². The first-order chi connectivity index (χ1) is 5.91. The largest absolute Gasteiger partial charge is 0.480 e. The SMILES string of the molecule is CC#CCSC(C)(C)[C@H](N)C(=O)O. The molecule has 0 aliphatic rings. The first kappa shape index (κ1) is 12.3. The lowest BCUT2D eigenvalue weighted by Crippen LogP contribution is -2.46. The van der Waals surface area contributed by atoms with Gasteiger partial charge in [0.25, 0.3) is 0 Å². The smallest absolute Gasteiger partial charge is 0.321 e. The molecule has 0 unspecified atom stereocenters. The number of rotatable bonds is 4. The zero-order valence-electron chi connectivity index (χ0n) is 8.13. The minimum absolute atomic E-state index is 0.477. The summed E-state index contributed by atoms with van der Waals surface area (Å²) in [6, 6.07) is -0.851. The van der Waals surface area contributed by atoms with Crippen LogP contribution in [0.15, 0.2) is 0 Å². The van der Waals surface area contributed by atoms with Crippen molar-refractivity contribution in [2.45, 2.75) is 31.6 Å². The summed E-state index contributed by atoms with van der Waals surface area (Å²) in [5.41, 5.74) is 5.51. The Bertz CT molecular complexity index is 240. The normalized spacial score (nSPS) is 12.9. The Hall–Kier alpha value is -0.660. The van der Waals surface area contributed by atoms with Crippen LogP contribution in [0.5, 0.6) is 0 Å². The van der Waals surface area contributed by atoms with Crippen LogP contribution in [0.4, 0.5) is 0 Å². The van der Waals surface area contributed by atoms with Crippen molar-refractivity contribution in [2.75, 3.05) is 5.75 Å². The third-order valence-electron chi connectivity index (χ3n) is 1.71. The number of carboxylic acid groups (broad SMARTS) is 1. The van der Waals surface area contributed by atoms with Crippen molar-refractivity contribution >= 4 is 17.7 Å². The van der Waals surface area contributed by atoms with Crippen LogP contribution in [-0.2, 0) is 4.79 Å². The Morgan fingerprint density at radius 1 is 1.69 bits per heavy atom. The van der Waals surface area contributed by atoms with Gasteiger partial charge in [0.1, 0.15) is 6.04 Å². The van der Waals surface area contributed by atoms with Crippen LogP contribution >= 0.6 is 11.8 Å². The van der Waals surface area contributed by atoms with Gasteiger partial charge in [0.05, 0.1) is 5.75 Å². The molecular formula is C9H15NO2S. The van der Waals surface area contributed by atoms with E-state index >= 15 is 0 Å². The molecule has 74 valence electrons. The average molecular weight is 201 g/mol. The summed E-state index contributed by atoms with van der Waals surface area (Å²) in [6.45, 7) is 5.38. The molecule has 0 aliphatic carbocycles. The number of hydrogen-bond acceptors (Lipinski definition) is 3. The molecule has 0 rings (SSSR count). The van der Waals surface area contributed by atoms with Gasteiger partial charge in [-0.1, -0.05) is 5.92 Å². The topological polar surface area (TPSA) is 63.3 Å². The fourth-order valence-corrected chi connectivity index (χ4v) is 1.55. The molecule has 1 atom stereocenters. The van der Waals surface area contributed by atoms with Gasteiger partial charge < -0.3 is 10.8 Å². The molecule has 13 heavy (non-hydrogen) atoms. The van der Waals surface area contributed by atoms with Crippen molar-refractivity contribution in [3.63, 3.8) is 0 Å². The van der Waals surface area contributed by atoms with Crippen LogP contribution < -0.4 is 5.73 Å². The summed E-state index contributed by atoms with van der Waals surface area (Å²) in [5.74, 6) is 5.26. The lowest BCUT2D eigenvalue weighted by Gasteiger charge is -2.26. The molecule has 0 amide bonds. The van der Waals surface area contributed by atoms with Crippen LogP contribution in [0.3, 0.4) is 0 Å². The Kier molecular flexibility index (Phi) is 4.89. The molecule has 0 saturated carbocycles. The van der Waals surface area contributed by atoms with Gasteiger partial charge in [-0.3, -0.25) is 4.79 Å². The zero-order valence-corrected chi connectivity index (χ0v) is 8.94. The lowest BCUT2D eigenvalue weighted by atomic mass is 10.1. The highest BCUT2D eigenvalue weighted by Gasteiger charge is 2.31. The second-order valence-corrected chi connectivity index (χ2v) is 4.76. The maximum absolute atomic E-state index is 10.6. The van der Waals surface area contributed by atoms with E-state index in [4.69, 9.17) is 10.8 Å². The molecule has 0 fully saturated rings. The van der Waals surface area contributed by atoms with Crippen LogP contribution in [0.2, 0.25) is 0 Å². The Labute approximate surface area is 83.1 Å². The number of aliphatic carboxylic acids is 1. The highest BCUT2D eigenvalue weighted by atomic mass is 32.2. The minimum atomic E-state index is -0.970. The Morgan fingerprint density at radius 2 is 2.23 bits per heavy atom. The standard InChI is InChI=1S/C9H15NO2S/c1-4-5-6-13-9(2,3)7(10)8(11)12/h7H,6,10H2,1-3H3,(H,11,12)/t7-/m1/s1. The quantitative estimate of drug-likeness (QED) is 0.664. The maximum Gasteiger partial charge on any atom is 0.321 e. The molecule has 3 nitrogen and oxygen atoms in total. The Morgan fingerprint density at radius 3 is 2.62 bits per heavy atom. The van der Waals surface area contributed by atoms with E-state index in [0.717, 1.165) is 0 Å². The summed E-state index contributed by atoms with van der Waals surface area (Å²) >= 11 is 1.46. The number of carbonyl (C=O) groups is 1. The second-order valence-electron chi connectivity index (χ2n) is 3.13. The average Bonchev–Trinajstić information content (AvgIpc) is 2.03. The van der Waals surface area contributed by atoms with Gasteiger partial charge in [-0.05, 0) is 20.8 Å². The first-order valence-corrected chi connectivity index (χ1v) is 4.92. The van der Waals surface area contributed by atoms with Gasteiger partial charge in [-0.15, -0.1) is 17.7 Å². The maximum atomic E-state index is 10.6. The third-order valence-corrected chi connectivity index (χ3v) is 2.99. The number of thioether (sulfide) groups is 1. The highest BCUT2D eigenvalue weighted by molar-refractivity contribution is 8.00. The van der Waals surface area contributed by atoms with Crippen molar-refractivity contribution < 1.29 is 9.90 Å². The fourth-order valence-electron chi connectivity index (χ4n) is 0.681. The molecule has 0 spiro atoms. The summed E-state index contributed by atoms with van der Waals surface area (Å²) in [7, 11) is 0. The number of hydrogen-bond donors (Lipinski definition) is 2. The molecule has 3 N–H and O–H groups in total. The van der Waals surface area contributed by atoms with Gasteiger partial charge in [0.15, 0.2) is 0 Å². The molecule has 4 heteroatoms.